The normalized spacial score (nSPS) is 10.1. The van der Waals surface area contributed by atoms with Crippen LogP contribution < -0.4 is 0 Å². The Morgan fingerprint density at radius 1 is 1.43 bits per heavy atom. The van der Waals surface area contributed by atoms with Crippen molar-refractivity contribution in [2.45, 2.75) is 12.8 Å². The Morgan fingerprint density at radius 2 is 2.14 bits per heavy atom. The lowest BCUT2D eigenvalue weighted by molar-refractivity contribution is 0.0696. The molecule has 0 saturated carbocycles. The molecule has 0 aromatic heterocycles. The summed E-state index contributed by atoms with van der Waals surface area (Å²) in [6, 6.07) is 5.19. The topological polar surface area (TPSA) is 37.3 Å². The summed E-state index contributed by atoms with van der Waals surface area (Å²) in [7, 11) is 0. The summed E-state index contributed by atoms with van der Waals surface area (Å²) in [5.74, 6) is -0.312. The number of hydrogen-bond donors (Lipinski definition) is 1. The van der Waals surface area contributed by atoms with E-state index in [4.69, 9.17) is 16.7 Å². The Morgan fingerprint density at radius 3 is 2.71 bits per heavy atom. The third kappa shape index (κ3) is 3.31. The second-order valence-corrected chi connectivity index (χ2v) is 4.24. The van der Waals surface area contributed by atoms with Crippen LogP contribution in [0.3, 0.4) is 0 Å². The van der Waals surface area contributed by atoms with Gasteiger partial charge in [-0.3, -0.25) is 0 Å². The van der Waals surface area contributed by atoms with E-state index < -0.39 is 5.97 Å². The SMILES string of the molecule is O=C(O)c1cc(Br)cc(CCCCl)c1. The molecule has 76 valence electrons. The zero-order valence-electron chi connectivity index (χ0n) is 7.46. The van der Waals surface area contributed by atoms with Crippen LogP contribution in [0.1, 0.15) is 22.3 Å². The number of carbonyl (C=O) groups is 1. The molecule has 1 aromatic carbocycles. The zero-order chi connectivity index (χ0) is 10.6. The second-order valence-electron chi connectivity index (χ2n) is 2.95. The Balaban J connectivity index is 2.89. The van der Waals surface area contributed by atoms with Crippen molar-refractivity contribution in [2.24, 2.45) is 0 Å². The molecule has 1 rings (SSSR count). The molecule has 0 unspecified atom stereocenters. The van der Waals surface area contributed by atoms with Crippen LogP contribution in [0.5, 0.6) is 0 Å². The number of benzene rings is 1. The van der Waals surface area contributed by atoms with Gasteiger partial charge in [0, 0.05) is 10.4 Å². The van der Waals surface area contributed by atoms with Crippen molar-refractivity contribution in [2.75, 3.05) is 5.88 Å². The van der Waals surface area contributed by atoms with Crippen LogP contribution in [0.2, 0.25) is 0 Å². The lowest BCUT2D eigenvalue weighted by Gasteiger charge is -2.02. The zero-order valence-corrected chi connectivity index (χ0v) is 9.81. The number of carboxylic acids is 1. The molecule has 0 aliphatic carbocycles. The first-order valence-electron chi connectivity index (χ1n) is 4.22. The molecule has 0 bridgehead atoms. The Kier molecular flexibility index (Phi) is 4.42. The van der Waals surface area contributed by atoms with E-state index in [1.54, 1.807) is 12.1 Å². The van der Waals surface area contributed by atoms with Crippen molar-refractivity contribution in [1.82, 2.24) is 0 Å². The number of hydrogen-bond acceptors (Lipinski definition) is 1. The Labute approximate surface area is 96.0 Å². The molecular formula is C10H10BrClO2. The lowest BCUT2D eigenvalue weighted by Crippen LogP contribution is -1.98. The molecule has 0 saturated heterocycles. The van der Waals surface area contributed by atoms with Gasteiger partial charge in [-0.25, -0.2) is 4.79 Å². The van der Waals surface area contributed by atoms with E-state index in [-0.39, 0.29) is 0 Å². The van der Waals surface area contributed by atoms with Crippen molar-refractivity contribution < 1.29 is 9.90 Å². The molecule has 0 aliphatic rings. The van der Waals surface area contributed by atoms with E-state index in [9.17, 15) is 4.79 Å². The number of aromatic carboxylic acids is 1. The van der Waals surface area contributed by atoms with Crippen LogP contribution >= 0.6 is 27.5 Å². The summed E-state index contributed by atoms with van der Waals surface area (Å²) in [6.45, 7) is 0. The molecule has 14 heavy (non-hydrogen) atoms. The molecular weight excluding hydrogens is 267 g/mol. The maximum atomic E-state index is 10.7. The molecule has 4 heteroatoms. The smallest absolute Gasteiger partial charge is 0.335 e. The summed E-state index contributed by atoms with van der Waals surface area (Å²) >= 11 is 8.84. The van der Waals surface area contributed by atoms with Crippen LogP contribution in [0.4, 0.5) is 0 Å². The van der Waals surface area contributed by atoms with Crippen LogP contribution in [-0.2, 0) is 6.42 Å². The number of alkyl halides is 1. The first-order chi connectivity index (χ1) is 6.63. The lowest BCUT2D eigenvalue weighted by atomic mass is 10.1. The molecule has 0 spiro atoms. The molecule has 0 heterocycles. The van der Waals surface area contributed by atoms with Gasteiger partial charge in [-0.05, 0) is 36.6 Å². The fraction of sp³-hybridized carbons (Fsp3) is 0.300. The minimum Gasteiger partial charge on any atom is -0.478 e. The van der Waals surface area contributed by atoms with Crippen LogP contribution in [-0.4, -0.2) is 17.0 Å². The van der Waals surface area contributed by atoms with Crippen molar-refractivity contribution in [1.29, 1.82) is 0 Å². The molecule has 0 aliphatic heterocycles. The molecule has 0 atom stereocenters. The van der Waals surface area contributed by atoms with Gasteiger partial charge in [-0.1, -0.05) is 15.9 Å². The summed E-state index contributed by atoms with van der Waals surface area (Å²) in [5.41, 5.74) is 1.31. The first-order valence-corrected chi connectivity index (χ1v) is 5.55. The van der Waals surface area contributed by atoms with Gasteiger partial charge in [-0.2, -0.15) is 0 Å². The molecule has 0 radical (unpaired) electrons. The van der Waals surface area contributed by atoms with Gasteiger partial charge in [0.05, 0.1) is 5.56 Å². The summed E-state index contributed by atoms with van der Waals surface area (Å²) in [5, 5.41) is 8.81. The van der Waals surface area contributed by atoms with Crippen molar-refractivity contribution in [3.63, 3.8) is 0 Å². The number of carboxylic acid groups (broad SMARTS) is 1. The highest BCUT2D eigenvalue weighted by Gasteiger charge is 2.05. The highest BCUT2D eigenvalue weighted by Crippen LogP contribution is 2.17. The summed E-state index contributed by atoms with van der Waals surface area (Å²) in [4.78, 5) is 10.7. The summed E-state index contributed by atoms with van der Waals surface area (Å²) in [6.07, 6.45) is 1.67. The standard InChI is InChI=1S/C10H10BrClO2/c11-9-5-7(2-1-3-12)4-8(6-9)10(13)14/h4-6H,1-3H2,(H,13,14). The highest BCUT2D eigenvalue weighted by atomic mass is 79.9. The third-order valence-corrected chi connectivity index (χ3v) is 2.53. The van der Waals surface area contributed by atoms with Gasteiger partial charge < -0.3 is 5.11 Å². The molecule has 2 nitrogen and oxygen atoms in total. The maximum Gasteiger partial charge on any atom is 0.335 e. The Bertz CT molecular complexity index is 339. The van der Waals surface area contributed by atoms with Crippen molar-refractivity contribution in [3.8, 4) is 0 Å². The fourth-order valence-corrected chi connectivity index (χ4v) is 1.86. The number of rotatable bonds is 4. The minimum absolute atomic E-state index is 0.309. The molecule has 1 N–H and O–H groups in total. The van der Waals surface area contributed by atoms with E-state index in [2.05, 4.69) is 15.9 Å². The molecule has 0 amide bonds. The van der Waals surface area contributed by atoms with Gasteiger partial charge in [0.25, 0.3) is 0 Å². The fourth-order valence-electron chi connectivity index (χ4n) is 1.19. The second kappa shape index (κ2) is 5.37. The molecule has 0 fully saturated rings. The first kappa shape index (κ1) is 11.5. The predicted molar refractivity (Wildman–Crippen MR) is 60.1 cm³/mol. The van der Waals surface area contributed by atoms with Gasteiger partial charge in [-0.15, -0.1) is 11.6 Å². The minimum atomic E-state index is -0.904. The van der Waals surface area contributed by atoms with E-state index in [1.165, 1.54) is 0 Å². The number of aryl methyl sites for hydroxylation is 1. The maximum absolute atomic E-state index is 10.7. The average molecular weight is 278 g/mol. The quantitative estimate of drug-likeness (QED) is 0.857. The number of halogens is 2. The Hall–Kier alpha value is -0.540. The van der Waals surface area contributed by atoms with Gasteiger partial charge in [0.2, 0.25) is 0 Å². The van der Waals surface area contributed by atoms with E-state index in [0.29, 0.717) is 11.4 Å². The van der Waals surface area contributed by atoms with Crippen LogP contribution in [0.25, 0.3) is 0 Å². The van der Waals surface area contributed by atoms with Crippen molar-refractivity contribution in [3.05, 3.63) is 33.8 Å². The van der Waals surface area contributed by atoms with Crippen LogP contribution in [0, 0.1) is 0 Å². The average Bonchev–Trinajstić information content (AvgIpc) is 2.14. The van der Waals surface area contributed by atoms with E-state index in [1.807, 2.05) is 6.07 Å². The van der Waals surface area contributed by atoms with Crippen molar-refractivity contribution >= 4 is 33.5 Å². The predicted octanol–water partition coefficient (Wildman–Crippen LogP) is 3.32. The molecule has 1 aromatic rings. The highest BCUT2D eigenvalue weighted by molar-refractivity contribution is 9.10. The largest absolute Gasteiger partial charge is 0.478 e. The third-order valence-electron chi connectivity index (χ3n) is 1.80. The van der Waals surface area contributed by atoms with E-state index >= 15 is 0 Å². The van der Waals surface area contributed by atoms with Gasteiger partial charge in [0.15, 0.2) is 0 Å². The van der Waals surface area contributed by atoms with Crippen LogP contribution in [0.15, 0.2) is 22.7 Å². The van der Waals surface area contributed by atoms with Gasteiger partial charge >= 0.3 is 5.97 Å². The van der Waals surface area contributed by atoms with Gasteiger partial charge in [0.1, 0.15) is 0 Å². The summed E-state index contributed by atoms with van der Waals surface area (Å²) < 4.78 is 0.793. The van der Waals surface area contributed by atoms with E-state index in [0.717, 1.165) is 22.9 Å². The monoisotopic (exact) mass is 276 g/mol.